The summed E-state index contributed by atoms with van der Waals surface area (Å²) in [7, 11) is 1.48. The van der Waals surface area contributed by atoms with Crippen LogP contribution < -0.4 is 0 Å². The molecule has 0 radical (unpaired) electrons. The van der Waals surface area contributed by atoms with Crippen molar-refractivity contribution in [2.45, 2.75) is 37.5 Å². The van der Waals surface area contributed by atoms with E-state index < -0.39 is 0 Å². The zero-order valence-corrected chi connectivity index (χ0v) is 17.5. The van der Waals surface area contributed by atoms with Gasteiger partial charge in [0.25, 0.3) is 0 Å². The molecule has 0 aromatic heterocycles. The van der Waals surface area contributed by atoms with Crippen molar-refractivity contribution in [3.05, 3.63) is 48.0 Å². The Balaban J connectivity index is 1.33. The quantitative estimate of drug-likeness (QED) is 0.404. The van der Waals surface area contributed by atoms with Crippen LogP contribution in [0.5, 0.6) is 0 Å². The molecule has 1 aromatic carbocycles. The first-order valence-electron chi connectivity index (χ1n) is 11.3. The highest BCUT2D eigenvalue weighted by Crippen LogP contribution is 2.60. The third kappa shape index (κ3) is 2.75. The number of ether oxygens (including phenoxy) is 1. The summed E-state index contributed by atoms with van der Waals surface area (Å²) in [6.45, 7) is 4.01. The third-order valence-electron chi connectivity index (χ3n) is 9.05. The molecule has 4 aliphatic carbocycles. The lowest BCUT2D eigenvalue weighted by molar-refractivity contribution is -0.148. The Hall–Kier alpha value is -2.23. The molecule has 4 bridgehead atoms. The van der Waals surface area contributed by atoms with Crippen LogP contribution in [-0.4, -0.2) is 25.7 Å². The smallest absolute Gasteiger partial charge is 0.309 e. The molecular weight excluding hydrogens is 376 g/mol. The number of aldehydes is 2. The molecule has 0 heterocycles. The van der Waals surface area contributed by atoms with Crippen LogP contribution in [0.2, 0.25) is 0 Å². The number of allylic oxidation sites excluding steroid dienone is 1. The minimum Gasteiger partial charge on any atom is -0.469 e. The summed E-state index contributed by atoms with van der Waals surface area (Å²) in [6.07, 6.45) is 8.13. The average molecular weight is 407 g/mol. The van der Waals surface area contributed by atoms with E-state index in [0.717, 1.165) is 38.3 Å². The fourth-order valence-corrected chi connectivity index (χ4v) is 7.82. The van der Waals surface area contributed by atoms with Crippen LogP contribution >= 0.6 is 0 Å². The third-order valence-corrected chi connectivity index (χ3v) is 9.05. The fourth-order valence-electron chi connectivity index (χ4n) is 7.82. The van der Waals surface area contributed by atoms with Gasteiger partial charge < -0.3 is 14.3 Å². The summed E-state index contributed by atoms with van der Waals surface area (Å²) < 4.78 is 5.06. The van der Waals surface area contributed by atoms with Gasteiger partial charge in [0, 0.05) is 11.8 Å². The summed E-state index contributed by atoms with van der Waals surface area (Å²) in [6, 6.07) is 9.00. The number of rotatable bonds is 6. The van der Waals surface area contributed by atoms with E-state index in [2.05, 4.69) is 30.8 Å². The molecule has 4 nitrogen and oxygen atoms in total. The molecule has 4 heteroatoms. The Kier molecular flexibility index (Phi) is 4.91. The van der Waals surface area contributed by atoms with E-state index in [1.165, 1.54) is 18.2 Å². The highest BCUT2D eigenvalue weighted by atomic mass is 16.5. The van der Waals surface area contributed by atoms with Gasteiger partial charge in [-0.25, -0.2) is 0 Å². The molecule has 1 aromatic rings. The maximum atomic E-state index is 12.3. The normalized spacial score (nSPS) is 43.5. The number of hydrogen-bond donors (Lipinski definition) is 0. The number of hydrogen-bond acceptors (Lipinski definition) is 4. The van der Waals surface area contributed by atoms with Gasteiger partial charge in [-0.15, -0.1) is 6.58 Å². The molecule has 5 rings (SSSR count). The number of esters is 1. The topological polar surface area (TPSA) is 60.4 Å². The van der Waals surface area contributed by atoms with Crippen molar-refractivity contribution in [1.29, 1.82) is 0 Å². The maximum absolute atomic E-state index is 12.3. The minimum atomic E-state index is -0.111. The first-order valence-corrected chi connectivity index (χ1v) is 11.3. The van der Waals surface area contributed by atoms with Crippen LogP contribution in [-0.2, 0) is 19.1 Å². The average Bonchev–Trinajstić information content (AvgIpc) is 3.55. The SMILES string of the molecule is C=CC1C2CC(CC2c2ccc(C3CC4CC3C(C=O)C4C=O)cc2)C1C(=O)OC. The van der Waals surface area contributed by atoms with Crippen LogP contribution in [0.4, 0.5) is 0 Å². The highest BCUT2D eigenvalue weighted by Gasteiger charge is 2.55. The summed E-state index contributed by atoms with van der Waals surface area (Å²) in [5.41, 5.74) is 2.65. The van der Waals surface area contributed by atoms with Gasteiger partial charge in [-0.3, -0.25) is 4.79 Å². The molecule has 4 fully saturated rings. The van der Waals surface area contributed by atoms with Crippen molar-refractivity contribution in [2.75, 3.05) is 7.11 Å². The molecule has 10 unspecified atom stereocenters. The molecular formula is C26H30O4. The van der Waals surface area contributed by atoms with Crippen LogP contribution in [0.3, 0.4) is 0 Å². The summed E-state index contributed by atoms with van der Waals surface area (Å²) in [5, 5.41) is 0. The second kappa shape index (κ2) is 7.47. The number of carbonyl (C=O) groups is 3. The van der Waals surface area contributed by atoms with E-state index in [9.17, 15) is 14.4 Å². The second-order valence-corrected chi connectivity index (χ2v) is 9.96. The van der Waals surface area contributed by atoms with Gasteiger partial charge in [-0.05, 0) is 78.2 Å². The fraction of sp³-hybridized carbons (Fsp3) is 0.577. The van der Waals surface area contributed by atoms with Crippen molar-refractivity contribution in [2.24, 2.45) is 47.3 Å². The number of fused-ring (bicyclic) bond motifs is 4. The number of benzene rings is 1. The van der Waals surface area contributed by atoms with E-state index in [4.69, 9.17) is 4.74 Å². The van der Waals surface area contributed by atoms with Gasteiger partial charge in [0.15, 0.2) is 0 Å². The Morgan fingerprint density at radius 1 is 0.867 bits per heavy atom. The minimum absolute atomic E-state index is 0.0342. The zero-order valence-electron chi connectivity index (χ0n) is 17.5. The van der Waals surface area contributed by atoms with Gasteiger partial charge in [0.1, 0.15) is 12.6 Å². The molecule has 30 heavy (non-hydrogen) atoms. The van der Waals surface area contributed by atoms with Crippen LogP contribution in [0.1, 0.15) is 48.6 Å². The van der Waals surface area contributed by atoms with Gasteiger partial charge >= 0.3 is 5.97 Å². The largest absolute Gasteiger partial charge is 0.469 e. The molecule has 0 aliphatic heterocycles. The van der Waals surface area contributed by atoms with Crippen molar-refractivity contribution in [1.82, 2.24) is 0 Å². The first kappa shape index (κ1) is 19.7. The molecule has 0 N–H and O–H groups in total. The molecule has 4 saturated carbocycles. The van der Waals surface area contributed by atoms with Gasteiger partial charge in [-0.2, -0.15) is 0 Å². The van der Waals surface area contributed by atoms with Crippen LogP contribution in [0.15, 0.2) is 36.9 Å². The maximum Gasteiger partial charge on any atom is 0.309 e. The summed E-state index contributed by atoms with van der Waals surface area (Å²) in [5.74, 6) is 2.26. The van der Waals surface area contributed by atoms with E-state index >= 15 is 0 Å². The lowest BCUT2D eigenvalue weighted by atomic mass is 9.70. The van der Waals surface area contributed by atoms with E-state index in [1.54, 1.807) is 0 Å². The Morgan fingerprint density at radius 3 is 1.93 bits per heavy atom. The molecule has 10 atom stereocenters. The summed E-state index contributed by atoms with van der Waals surface area (Å²) in [4.78, 5) is 35.3. The predicted octanol–water partition coefficient (Wildman–Crippen LogP) is 4.16. The van der Waals surface area contributed by atoms with Crippen LogP contribution in [0.25, 0.3) is 0 Å². The van der Waals surface area contributed by atoms with E-state index in [1.807, 2.05) is 6.08 Å². The van der Waals surface area contributed by atoms with Crippen molar-refractivity contribution >= 4 is 18.5 Å². The summed E-state index contributed by atoms with van der Waals surface area (Å²) >= 11 is 0. The molecule has 0 saturated heterocycles. The lowest BCUT2D eigenvalue weighted by Crippen LogP contribution is -2.32. The molecule has 4 aliphatic rings. The van der Waals surface area contributed by atoms with Gasteiger partial charge in [0.2, 0.25) is 0 Å². The van der Waals surface area contributed by atoms with Gasteiger partial charge in [0.05, 0.1) is 13.0 Å². The van der Waals surface area contributed by atoms with Crippen molar-refractivity contribution in [3.63, 3.8) is 0 Å². The van der Waals surface area contributed by atoms with E-state index in [-0.39, 0.29) is 29.6 Å². The lowest BCUT2D eigenvalue weighted by Gasteiger charge is -2.33. The Labute approximate surface area is 178 Å². The Morgan fingerprint density at radius 2 is 1.40 bits per heavy atom. The number of carbonyl (C=O) groups excluding carboxylic acids is 3. The standard InChI is InChI=1S/C26H30O4/c1-3-18-21-11-17(25(18)26(29)30-2)10-20(21)15-6-4-14(5-7-15)19-8-16-9-22(19)24(13-28)23(16)12-27/h3-7,12-13,16-25H,1,8-11H2,2H3. The number of methoxy groups -OCH3 is 1. The van der Waals surface area contributed by atoms with E-state index in [0.29, 0.717) is 35.5 Å². The van der Waals surface area contributed by atoms with Crippen LogP contribution in [0, 0.1) is 47.3 Å². The van der Waals surface area contributed by atoms with Crippen molar-refractivity contribution < 1.29 is 19.1 Å². The second-order valence-electron chi connectivity index (χ2n) is 9.96. The monoisotopic (exact) mass is 406 g/mol. The van der Waals surface area contributed by atoms with Gasteiger partial charge in [-0.1, -0.05) is 30.3 Å². The Bertz CT molecular complexity index is 858. The predicted molar refractivity (Wildman–Crippen MR) is 113 cm³/mol. The molecule has 0 spiro atoms. The highest BCUT2D eigenvalue weighted by molar-refractivity contribution is 5.74. The molecule has 0 amide bonds. The molecule has 158 valence electrons. The van der Waals surface area contributed by atoms with Crippen molar-refractivity contribution in [3.8, 4) is 0 Å². The first-order chi connectivity index (χ1) is 14.6. The zero-order chi connectivity index (χ0) is 21.0.